The van der Waals surface area contributed by atoms with Gasteiger partial charge in [0.15, 0.2) is 0 Å². The van der Waals surface area contributed by atoms with Crippen LogP contribution in [0.2, 0.25) is 10.0 Å². The number of nitrogens with zero attached hydrogens (tertiary/aromatic N) is 1. The standard InChI is InChI=1S/C22H18Cl2F3N3O4/c1-11-5-12(3-4-16(11)19(31)28-18-10-33-30(2)20(18)32)17-9-21(34-29-17,22(25,26)27)13-6-14(23)8-15(24)7-13/h3-9,18,29H,10H2,1-2H3,(H,28,31). The number of carbonyl (C=O) groups excluding carboxylic acids is 2. The van der Waals surface area contributed by atoms with E-state index in [9.17, 15) is 22.8 Å². The summed E-state index contributed by atoms with van der Waals surface area (Å²) in [6.07, 6.45) is -3.94. The van der Waals surface area contributed by atoms with Gasteiger partial charge in [0.2, 0.25) is 5.60 Å². The first-order valence-electron chi connectivity index (χ1n) is 9.94. The van der Waals surface area contributed by atoms with Gasteiger partial charge in [-0.15, -0.1) is 0 Å². The molecule has 2 heterocycles. The summed E-state index contributed by atoms with van der Waals surface area (Å²) in [5, 5.41) is 3.68. The molecule has 2 aromatic rings. The molecule has 0 aliphatic carbocycles. The lowest BCUT2D eigenvalue weighted by Crippen LogP contribution is -2.42. The molecule has 0 spiro atoms. The van der Waals surface area contributed by atoms with E-state index in [1.807, 2.05) is 0 Å². The number of rotatable bonds is 4. The summed E-state index contributed by atoms with van der Waals surface area (Å²) in [6, 6.07) is 7.23. The van der Waals surface area contributed by atoms with Crippen molar-refractivity contribution in [3.05, 3.63) is 74.8 Å². The van der Waals surface area contributed by atoms with E-state index < -0.39 is 23.7 Å². The second-order valence-electron chi connectivity index (χ2n) is 7.84. The molecule has 2 N–H and O–H groups in total. The van der Waals surface area contributed by atoms with Crippen LogP contribution in [-0.4, -0.2) is 42.8 Å². The van der Waals surface area contributed by atoms with E-state index in [1.165, 1.54) is 31.3 Å². The third-order valence-electron chi connectivity index (χ3n) is 5.51. The number of alkyl halides is 3. The van der Waals surface area contributed by atoms with Gasteiger partial charge in [-0.3, -0.25) is 24.7 Å². The van der Waals surface area contributed by atoms with E-state index >= 15 is 0 Å². The predicted molar refractivity (Wildman–Crippen MR) is 118 cm³/mol. The maximum atomic E-state index is 14.2. The van der Waals surface area contributed by atoms with Crippen LogP contribution in [0.1, 0.15) is 27.0 Å². The largest absolute Gasteiger partial charge is 0.428 e. The highest BCUT2D eigenvalue weighted by Gasteiger charge is 2.59. The molecule has 2 aromatic carbocycles. The molecule has 34 heavy (non-hydrogen) atoms. The third kappa shape index (κ3) is 4.34. The Balaban J connectivity index is 1.64. The Labute approximate surface area is 202 Å². The maximum absolute atomic E-state index is 14.2. The van der Waals surface area contributed by atoms with Gasteiger partial charge in [0.1, 0.15) is 12.6 Å². The van der Waals surface area contributed by atoms with Gasteiger partial charge in [-0.25, -0.2) is 5.06 Å². The molecule has 0 aromatic heterocycles. The number of aryl methyl sites for hydroxylation is 1. The molecule has 2 amide bonds. The van der Waals surface area contributed by atoms with Crippen LogP contribution in [0.4, 0.5) is 13.2 Å². The zero-order valence-electron chi connectivity index (χ0n) is 17.8. The van der Waals surface area contributed by atoms with Crippen molar-refractivity contribution in [2.24, 2.45) is 0 Å². The van der Waals surface area contributed by atoms with E-state index in [1.54, 1.807) is 6.92 Å². The molecule has 0 saturated carbocycles. The van der Waals surface area contributed by atoms with Gasteiger partial charge in [-0.1, -0.05) is 29.3 Å². The van der Waals surface area contributed by atoms with Crippen molar-refractivity contribution in [2.45, 2.75) is 24.7 Å². The number of hydrogen-bond acceptors (Lipinski definition) is 5. The number of amides is 2. The normalized spacial score (nSPS) is 22.6. The van der Waals surface area contributed by atoms with Crippen LogP contribution in [0.15, 0.2) is 42.5 Å². The first kappa shape index (κ1) is 24.3. The minimum absolute atomic E-state index is 0.0133. The number of hydrogen-bond donors (Lipinski definition) is 2. The summed E-state index contributed by atoms with van der Waals surface area (Å²) in [6.45, 7) is 1.64. The van der Waals surface area contributed by atoms with Gasteiger partial charge < -0.3 is 5.32 Å². The highest BCUT2D eigenvalue weighted by Crippen LogP contribution is 2.48. The first-order valence-corrected chi connectivity index (χ1v) is 10.7. The molecule has 2 atom stereocenters. The maximum Gasteiger partial charge on any atom is 0.428 e. The summed E-state index contributed by atoms with van der Waals surface area (Å²) in [5.74, 6) is -0.895. The smallest absolute Gasteiger partial charge is 0.338 e. The van der Waals surface area contributed by atoms with Gasteiger partial charge >= 0.3 is 6.18 Å². The van der Waals surface area contributed by atoms with Crippen LogP contribution in [0, 0.1) is 6.92 Å². The van der Waals surface area contributed by atoms with Crippen molar-refractivity contribution in [3.63, 3.8) is 0 Å². The van der Waals surface area contributed by atoms with E-state index in [4.69, 9.17) is 32.9 Å². The van der Waals surface area contributed by atoms with E-state index in [-0.39, 0.29) is 39.4 Å². The predicted octanol–water partition coefficient (Wildman–Crippen LogP) is 4.14. The summed E-state index contributed by atoms with van der Waals surface area (Å²) >= 11 is 11.8. The van der Waals surface area contributed by atoms with Crippen molar-refractivity contribution in [1.29, 1.82) is 0 Å². The summed E-state index contributed by atoms with van der Waals surface area (Å²) in [5.41, 5.74) is 0.365. The lowest BCUT2D eigenvalue weighted by Gasteiger charge is -2.28. The fourth-order valence-electron chi connectivity index (χ4n) is 3.72. The molecule has 2 aliphatic heterocycles. The molecule has 12 heteroatoms. The molecule has 1 saturated heterocycles. The number of halogens is 5. The highest BCUT2D eigenvalue weighted by molar-refractivity contribution is 6.34. The fraction of sp³-hybridized carbons (Fsp3) is 0.273. The summed E-state index contributed by atoms with van der Waals surface area (Å²) in [7, 11) is 1.44. The van der Waals surface area contributed by atoms with Crippen molar-refractivity contribution in [1.82, 2.24) is 15.9 Å². The lowest BCUT2D eigenvalue weighted by atomic mass is 9.91. The number of hydroxylamine groups is 3. The van der Waals surface area contributed by atoms with Gasteiger partial charge in [0.05, 0.1) is 5.70 Å². The Bertz CT molecular complexity index is 1180. The topological polar surface area (TPSA) is 79.9 Å². The Morgan fingerprint density at radius 1 is 1.21 bits per heavy atom. The number of nitrogens with one attached hydrogen (secondary N) is 2. The number of carbonyl (C=O) groups is 2. The van der Waals surface area contributed by atoms with Crippen LogP contribution in [-0.2, 0) is 20.1 Å². The zero-order valence-corrected chi connectivity index (χ0v) is 19.3. The van der Waals surface area contributed by atoms with Crippen molar-refractivity contribution < 1.29 is 32.4 Å². The summed E-state index contributed by atoms with van der Waals surface area (Å²) in [4.78, 5) is 34.7. The van der Waals surface area contributed by atoms with E-state index in [2.05, 4.69) is 10.8 Å². The van der Waals surface area contributed by atoms with E-state index in [0.29, 0.717) is 11.1 Å². The second kappa shape index (κ2) is 8.77. The van der Waals surface area contributed by atoms with Gasteiger partial charge in [0.25, 0.3) is 11.8 Å². The molecular weight excluding hydrogens is 498 g/mol. The van der Waals surface area contributed by atoms with Crippen molar-refractivity contribution >= 4 is 40.7 Å². The zero-order chi connectivity index (χ0) is 24.8. The average Bonchev–Trinajstić information content (AvgIpc) is 3.33. The first-order chi connectivity index (χ1) is 15.9. The second-order valence-corrected chi connectivity index (χ2v) is 8.71. The molecule has 2 unspecified atom stereocenters. The average molecular weight is 516 g/mol. The molecule has 1 fully saturated rings. The van der Waals surface area contributed by atoms with Crippen LogP contribution in [0.3, 0.4) is 0 Å². The van der Waals surface area contributed by atoms with E-state index in [0.717, 1.165) is 23.3 Å². The third-order valence-corrected chi connectivity index (χ3v) is 5.95. The van der Waals surface area contributed by atoms with Crippen LogP contribution in [0.25, 0.3) is 5.70 Å². The molecule has 0 bridgehead atoms. The highest BCUT2D eigenvalue weighted by atomic mass is 35.5. The Morgan fingerprint density at radius 2 is 1.88 bits per heavy atom. The number of likely N-dealkylation sites (N-methyl/N-ethyl adjacent to an activating group) is 1. The molecule has 4 rings (SSSR count). The minimum atomic E-state index is -4.84. The van der Waals surface area contributed by atoms with Crippen LogP contribution in [0.5, 0.6) is 0 Å². The van der Waals surface area contributed by atoms with Gasteiger partial charge in [0, 0.05) is 28.2 Å². The van der Waals surface area contributed by atoms with Crippen LogP contribution < -0.4 is 10.8 Å². The molecule has 7 nitrogen and oxygen atoms in total. The SMILES string of the molecule is Cc1cc(C2=CC(c3cc(Cl)cc(Cl)c3)(C(F)(F)F)ON2)ccc1C(=O)NC1CON(C)C1=O. The Morgan fingerprint density at radius 3 is 2.44 bits per heavy atom. The fourth-order valence-corrected chi connectivity index (χ4v) is 4.25. The monoisotopic (exact) mass is 515 g/mol. The minimum Gasteiger partial charge on any atom is -0.338 e. The molecule has 2 aliphatic rings. The van der Waals surface area contributed by atoms with Gasteiger partial charge in [-0.05, 0) is 54.5 Å². The molecule has 0 radical (unpaired) electrons. The summed E-state index contributed by atoms with van der Waals surface area (Å²) < 4.78 is 42.5. The number of benzene rings is 2. The quantitative estimate of drug-likeness (QED) is 0.639. The Hall–Kier alpha value is -2.79. The van der Waals surface area contributed by atoms with Crippen LogP contribution >= 0.6 is 23.2 Å². The lowest BCUT2D eigenvalue weighted by molar-refractivity contribution is -0.269. The molecule has 180 valence electrons. The van der Waals surface area contributed by atoms with Gasteiger partial charge in [-0.2, -0.15) is 13.2 Å². The van der Waals surface area contributed by atoms with Crippen molar-refractivity contribution in [3.8, 4) is 0 Å². The molecular formula is C22H18Cl2F3N3O4. The van der Waals surface area contributed by atoms with Crippen molar-refractivity contribution in [2.75, 3.05) is 13.7 Å². The Kier molecular flexibility index (Phi) is 6.28.